The lowest BCUT2D eigenvalue weighted by atomic mass is 10.1. The Morgan fingerprint density at radius 1 is 1.16 bits per heavy atom. The van der Waals surface area contributed by atoms with E-state index in [0.29, 0.717) is 17.9 Å². The summed E-state index contributed by atoms with van der Waals surface area (Å²) in [4.78, 5) is 17.3. The van der Waals surface area contributed by atoms with Crippen LogP contribution in [0.5, 0.6) is 5.75 Å². The van der Waals surface area contributed by atoms with Crippen molar-refractivity contribution in [2.75, 3.05) is 38.9 Å². The van der Waals surface area contributed by atoms with E-state index in [9.17, 15) is 13.2 Å². The molecule has 3 rings (SSSR count). The highest BCUT2D eigenvalue weighted by molar-refractivity contribution is 7.89. The number of aromatic nitrogens is 1. The Hall–Kier alpha value is -2.95. The lowest BCUT2D eigenvalue weighted by Crippen LogP contribution is -2.22. The molecule has 1 heterocycles. The Morgan fingerprint density at radius 3 is 2.47 bits per heavy atom. The minimum absolute atomic E-state index is 0.167. The molecule has 8 nitrogen and oxygen atoms in total. The quantitative estimate of drug-likeness (QED) is 0.491. The van der Waals surface area contributed by atoms with Gasteiger partial charge in [-0.1, -0.05) is 12.1 Å². The number of thiazole rings is 1. The van der Waals surface area contributed by atoms with E-state index in [1.807, 2.05) is 24.6 Å². The van der Waals surface area contributed by atoms with E-state index in [4.69, 9.17) is 4.74 Å². The highest BCUT2D eigenvalue weighted by Crippen LogP contribution is 2.32. The summed E-state index contributed by atoms with van der Waals surface area (Å²) in [6.45, 7) is 0. The fourth-order valence-electron chi connectivity index (χ4n) is 3.00. The number of hydrogen-bond donors (Lipinski definition) is 2. The predicted molar refractivity (Wildman–Crippen MR) is 128 cm³/mol. The number of carbonyl (C=O) groups excluding carboxylic acids is 1. The number of nitrogens with one attached hydrogen (secondary N) is 2. The summed E-state index contributed by atoms with van der Waals surface area (Å²) >= 11 is 1.50. The number of hydrogen-bond acceptors (Lipinski definition) is 7. The van der Waals surface area contributed by atoms with Crippen LogP contribution in [0.1, 0.15) is 12.0 Å². The van der Waals surface area contributed by atoms with E-state index in [-0.39, 0.29) is 17.2 Å². The fraction of sp³-hybridized carbons (Fsp3) is 0.273. The zero-order valence-corrected chi connectivity index (χ0v) is 20.0. The van der Waals surface area contributed by atoms with E-state index in [0.717, 1.165) is 22.0 Å². The molecule has 1 aromatic heterocycles. The number of nitrogens with zero attached hydrogens (tertiary/aromatic N) is 2. The summed E-state index contributed by atoms with van der Waals surface area (Å²) in [5.41, 5.74) is 3.13. The molecule has 0 aliphatic carbocycles. The second-order valence-electron chi connectivity index (χ2n) is 7.18. The number of amides is 1. The van der Waals surface area contributed by atoms with E-state index in [1.165, 1.54) is 29.7 Å². The number of anilines is 2. The molecule has 0 atom stereocenters. The van der Waals surface area contributed by atoms with Crippen LogP contribution >= 0.6 is 11.3 Å². The standard InChI is InChI=1S/C22H26N4O4S2/c1-23-22-25-19(14-31-22)16-8-11-20(30-4)18(13-16)24-21(27)12-7-15-5-9-17(10-6-15)32(28,29)26(2)3/h5-6,8-11,13-14H,7,12H2,1-4H3,(H,23,25)(H,24,27). The zero-order chi connectivity index (χ0) is 23.3. The van der Waals surface area contributed by atoms with Gasteiger partial charge in [0, 0.05) is 38.5 Å². The Bertz CT molecular complexity index is 1190. The predicted octanol–water partition coefficient (Wildman–Crippen LogP) is 3.68. The van der Waals surface area contributed by atoms with Gasteiger partial charge in [-0.15, -0.1) is 11.3 Å². The van der Waals surface area contributed by atoms with Crippen molar-refractivity contribution in [2.45, 2.75) is 17.7 Å². The molecular weight excluding hydrogens is 448 g/mol. The Labute approximate surface area is 192 Å². The summed E-state index contributed by atoms with van der Waals surface area (Å²) < 4.78 is 30.9. The lowest BCUT2D eigenvalue weighted by molar-refractivity contribution is -0.116. The number of sulfonamides is 1. The van der Waals surface area contributed by atoms with Gasteiger partial charge in [0.1, 0.15) is 5.75 Å². The SMILES string of the molecule is CNc1nc(-c2ccc(OC)c(NC(=O)CCc3ccc(S(=O)(=O)N(C)C)cc3)c2)cs1. The topological polar surface area (TPSA) is 101 Å². The van der Waals surface area contributed by atoms with Crippen LogP contribution in [0.15, 0.2) is 52.7 Å². The van der Waals surface area contributed by atoms with Crippen LogP contribution in [0, 0.1) is 0 Å². The summed E-state index contributed by atoms with van der Waals surface area (Å²) in [7, 11) is 2.88. The van der Waals surface area contributed by atoms with Gasteiger partial charge in [-0.05, 0) is 42.3 Å². The number of methoxy groups -OCH3 is 1. The molecule has 2 aromatic carbocycles. The number of carbonyl (C=O) groups is 1. The molecule has 0 radical (unpaired) electrons. The fourth-order valence-corrected chi connectivity index (χ4v) is 4.58. The molecule has 10 heteroatoms. The van der Waals surface area contributed by atoms with Gasteiger partial charge in [-0.2, -0.15) is 0 Å². The average Bonchev–Trinajstić information content (AvgIpc) is 3.27. The third-order valence-electron chi connectivity index (χ3n) is 4.83. The van der Waals surface area contributed by atoms with Crippen molar-refractivity contribution >= 4 is 38.1 Å². The lowest BCUT2D eigenvalue weighted by Gasteiger charge is -2.12. The Kier molecular flexibility index (Phi) is 7.49. The molecule has 2 N–H and O–H groups in total. The highest BCUT2D eigenvalue weighted by atomic mass is 32.2. The van der Waals surface area contributed by atoms with Crippen LogP contribution < -0.4 is 15.4 Å². The number of aryl methyl sites for hydroxylation is 1. The highest BCUT2D eigenvalue weighted by Gasteiger charge is 2.17. The average molecular weight is 475 g/mol. The summed E-state index contributed by atoms with van der Waals surface area (Å²) in [6, 6.07) is 12.1. The van der Waals surface area contributed by atoms with E-state index >= 15 is 0 Å². The van der Waals surface area contributed by atoms with Crippen LogP contribution in [0.2, 0.25) is 0 Å². The normalized spacial score (nSPS) is 11.4. The first-order valence-electron chi connectivity index (χ1n) is 9.87. The molecule has 0 saturated carbocycles. The Balaban J connectivity index is 1.67. The summed E-state index contributed by atoms with van der Waals surface area (Å²) in [5.74, 6) is 0.393. The largest absolute Gasteiger partial charge is 0.495 e. The van der Waals surface area contributed by atoms with Gasteiger partial charge in [0.2, 0.25) is 15.9 Å². The van der Waals surface area contributed by atoms with Crippen molar-refractivity contribution in [3.8, 4) is 17.0 Å². The van der Waals surface area contributed by atoms with Gasteiger partial charge < -0.3 is 15.4 Å². The molecule has 0 spiro atoms. The smallest absolute Gasteiger partial charge is 0.242 e. The molecule has 1 amide bonds. The van der Waals surface area contributed by atoms with Crippen molar-refractivity contribution in [3.63, 3.8) is 0 Å². The maximum Gasteiger partial charge on any atom is 0.242 e. The first-order valence-corrected chi connectivity index (χ1v) is 12.2. The van der Waals surface area contributed by atoms with Gasteiger partial charge in [-0.25, -0.2) is 17.7 Å². The molecule has 0 bridgehead atoms. The van der Waals surface area contributed by atoms with Gasteiger partial charge in [-0.3, -0.25) is 4.79 Å². The van der Waals surface area contributed by atoms with Crippen LogP contribution in [-0.4, -0.2) is 51.9 Å². The van der Waals surface area contributed by atoms with E-state index in [2.05, 4.69) is 15.6 Å². The number of rotatable bonds is 9. The molecule has 170 valence electrons. The third-order valence-corrected chi connectivity index (χ3v) is 7.52. The zero-order valence-electron chi connectivity index (χ0n) is 18.4. The number of ether oxygens (including phenoxy) is 1. The van der Waals surface area contributed by atoms with Crippen molar-refractivity contribution < 1.29 is 17.9 Å². The molecule has 0 unspecified atom stereocenters. The molecule has 0 fully saturated rings. The maximum atomic E-state index is 12.6. The molecular formula is C22H26N4O4S2. The minimum atomic E-state index is -3.47. The third kappa shape index (κ3) is 5.45. The van der Waals surface area contributed by atoms with Gasteiger partial charge >= 0.3 is 0 Å². The first kappa shape index (κ1) is 23.7. The van der Waals surface area contributed by atoms with Crippen LogP contribution in [0.25, 0.3) is 11.3 Å². The monoisotopic (exact) mass is 474 g/mol. The van der Waals surface area contributed by atoms with E-state index < -0.39 is 10.0 Å². The second-order valence-corrected chi connectivity index (χ2v) is 10.2. The summed E-state index contributed by atoms with van der Waals surface area (Å²) in [5, 5.41) is 8.67. The van der Waals surface area contributed by atoms with Gasteiger partial charge in [0.25, 0.3) is 0 Å². The van der Waals surface area contributed by atoms with Crippen molar-refractivity contribution in [1.82, 2.24) is 9.29 Å². The molecule has 0 aliphatic heterocycles. The van der Waals surface area contributed by atoms with Crippen LogP contribution in [0.3, 0.4) is 0 Å². The molecule has 0 aliphatic rings. The first-order chi connectivity index (χ1) is 15.2. The molecule has 32 heavy (non-hydrogen) atoms. The van der Waals surface area contributed by atoms with Gasteiger partial charge in [0.15, 0.2) is 5.13 Å². The minimum Gasteiger partial charge on any atom is -0.495 e. The summed E-state index contributed by atoms with van der Waals surface area (Å²) in [6.07, 6.45) is 0.724. The van der Waals surface area contributed by atoms with Crippen molar-refractivity contribution in [2.24, 2.45) is 0 Å². The van der Waals surface area contributed by atoms with Crippen molar-refractivity contribution in [1.29, 1.82) is 0 Å². The van der Waals surface area contributed by atoms with Crippen LogP contribution in [0.4, 0.5) is 10.8 Å². The van der Waals surface area contributed by atoms with Crippen molar-refractivity contribution in [3.05, 3.63) is 53.4 Å². The maximum absolute atomic E-state index is 12.6. The van der Waals surface area contributed by atoms with Crippen LogP contribution in [-0.2, 0) is 21.2 Å². The van der Waals surface area contributed by atoms with Gasteiger partial charge in [0.05, 0.1) is 23.4 Å². The Morgan fingerprint density at radius 2 is 1.88 bits per heavy atom. The molecule has 0 saturated heterocycles. The number of benzene rings is 2. The second kappa shape index (κ2) is 10.1. The van der Waals surface area contributed by atoms with E-state index in [1.54, 1.807) is 37.4 Å². The molecule has 3 aromatic rings.